The average Bonchev–Trinajstić information content (AvgIpc) is 3.44. The van der Waals surface area contributed by atoms with Crippen molar-refractivity contribution >= 4 is 29.2 Å². The van der Waals surface area contributed by atoms with Gasteiger partial charge in [0.15, 0.2) is 0 Å². The second kappa shape index (κ2) is 10.5. The van der Waals surface area contributed by atoms with E-state index in [-0.39, 0.29) is 34.3 Å². The highest BCUT2D eigenvalue weighted by Gasteiger charge is 2.66. The van der Waals surface area contributed by atoms with Crippen molar-refractivity contribution in [1.82, 2.24) is 0 Å². The summed E-state index contributed by atoms with van der Waals surface area (Å²) in [6.45, 7) is 2.28. The third kappa shape index (κ3) is 5.61. The van der Waals surface area contributed by atoms with Crippen molar-refractivity contribution in [2.45, 2.75) is 26.4 Å². The smallest absolute Gasteiger partial charge is 0.310 e. The Labute approximate surface area is 204 Å². The Bertz CT molecular complexity index is 1110. The minimum absolute atomic E-state index is 0.0482. The fourth-order valence-corrected chi connectivity index (χ4v) is 4.93. The number of carbonyl (C=O) groups is 1. The van der Waals surface area contributed by atoms with Crippen LogP contribution in [-0.4, -0.2) is 5.97 Å². The maximum atomic E-state index is 13.1. The van der Waals surface area contributed by atoms with Crippen LogP contribution in [0.1, 0.15) is 24.5 Å². The zero-order valence-electron chi connectivity index (χ0n) is 18.4. The first-order chi connectivity index (χ1) is 16.0. The minimum atomic E-state index is -0.279. The van der Waals surface area contributed by atoms with Crippen molar-refractivity contribution in [3.63, 3.8) is 0 Å². The van der Waals surface area contributed by atoms with Gasteiger partial charge in [-0.1, -0.05) is 90.8 Å². The van der Waals surface area contributed by atoms with E-state index in [1.54, 1.807) is 6.08 Å². The van der Waals surface area contributed by atoms with Crippen molar-refractivity contribution in [1.29, 1.82) is 0 Å². The van der Waals surface area contributed by atoms with Gasteiger partial charge in [-0.3, -0.25) is 4.79 Å². The lowest BCUT2D eigenvalue weighted by Crippen LogP contribution is -2.15. The van der Waals surface area contributed by atoms with Gasteiger partial charge in [0.25, 0.3) is 0 Å². The van der Waals surface area contributed by atoms with Gasteiger partial charge in [0.05, 0.1) is 5.92 Å². The Balaban J connectivity index is 1.44. The molecule has 5 heteroatoms. The van der Waals surface area contributed by atoms with E-state index in [1.807, 2.05) is 72.8 Å². The highest BCUT2D eigenvalue weighted by Crippen LogP contribution is 2.64. The number of halogens is 2. The zero-order chi connectivity index (χ0) is 23.3. The van der Waals surface area contributed by atoms with Crippen LogP contribution < -0.4 is 4.74 Å². The molecule has 0 radical (unpaired) electrons. The van der Waals surface area contributed by atoms with Gasteiger partial charge in [-0.05, 0) is 59.7 Å². The fraction of sp³-hybridized carbons (Fsp3) is 0.250. The summed E-state index contributed by atoms with van der Waals surface area (Å²) in [7, 11) is 0. The SMILES string of the molecule is CCC1(Cc2ccccc2)C(C=C(Cl)Cl)C1C(=O)OCc1cccc(Oc2ccccc2)c1. The topological polar surface area (TPSA) is 35.5 Å². The van der Waals surface area contributed by atoms with Crippen LogP contribution in [0.2, 0.25) is 0 Å². The third-order valence-corrected chi connectivity index (χ3v) is 6.64. The summed E-state index contributed by atoms with van der Waals surface area (Å²) in [5, 5.41) is 0. The van der Waals surface area contributed by atoms with E-state index in [4.69, 9.17) is 32.7 Å². The van der Waals surface area contributed by atoms with Crippen molar-refractivity contribution in [3.05, 3.63) is 107 Å². The van der Waals surface area contributed by atoms with Crippen LogP contribution in [0.5, 0.6) is 11.5 Å². The van der Waals surface area contributed by atoms with Crippen LogP contribution in [0.15, 0.2) is 95.5 Å². The first-order valence-electron chi connectivity index (χ1n) is 11.1. The average molecular weight is 481 g/mol. The first-order valence-corrected chi connectivity index (χ1v) is 11.8. The number of hydrogen-bond donors (Lipinski definition) is 0. The third-order valence-electron chi connectivity index (χ3n) is 6.39. The van der Waals surface area contributed by atoms with Gasteiger partial charge >= 0.3 is 5.97 Å². The molecule has 0 saturated heterocycles. The molecule has 1 saturated carbocycles. The maximum absolute atomic E-state index is 13.1. The Morgan fingerprint density at radius 3 is 2.21 bits per heavy atom. The molecule has 1 aliphatic carbocycles. The molecule has 33 heavy (non-hydrogen) atoms. The van der Waals surface area contributed by atoms with Gasteiger partial charge in [0.2, 0.25) is 0 Å². The first kappa shape index (κ1) is 23.4. The van der Waals surface area contributed by atoms with Crippen LogP contribution >= 0.6 is 23.2 Å². The van der Waals surface area contributed by atoms with Gasteiger partial charge in [-0.2, -0.15) is 0 Å². The van der Waals surface area contributed by atoms with E-state index in [9.17, 15) is 4.79 Å². The highest BCUT2D eigenvalue weighted by molar-refractivity contribution is 6.55. The van der Waals surface area contributed by atoms with Crippen molar-refractivity contribution in [3.8, 4) is 11.5 Å². The Morgan fingerprint density at radius 2 is 1.55 bits per heavy atom. The molecule has 0 aliphatic heterocycles. The van der Waals surface area contributed by atoms with Gasteiger partial charge in [-0.15, -0.1) is 0 Å². The normalized spacial score (nSPS) is 21.2. The van der Waals surface area contributed by atoms with E-state index in [2.05, 4.69) is 19.1 Å². The highest BCUT2D eigenvalue weighted by atomic mass is 35.5. The molecule has 4 rings (SSSR count). The minimum Gasteiger partial charge on any atom is -0.461 e. The molecule has 3 aromatic carbocycles. The Kier molecular flexibility index (Phi) is 7.42. The largest absolute Gasteiger partial charge is 0.461 e. The predicted molar refractivity (Wildman–Crippen MR) is 132 cm³/mol. The molecular formula is C28H26Cl2O3. The maximum Gasteiger partial charge on any atom is 0.310 e. The molecule has 3 nitrogen and oxygen atoms in total. The molecule has 170 valence electrons. The molecule has 0 heterocycles. The number of benzene rings is 3. The van der Waals surface area contributed by atoms with Crippen molar-refractivity contribution < 1.29 is 14.3 Å². The van der Waals surface area contributed by atoms with Crippen molar-refractivity contribution in [2.24, 2.45) is 17.3 Å². The monoisotopic (exact) mass is 480 g/mol. The van der Waals surface area contributed by atoms with E-state index in [0.717, 1.165) is 24.2 Å². The lowest BCUT2D eigenvalue weighted by Gasteiger charge is -2.16. The van der Waals surface area contributed by atoms with Crippen LogP contribution in [-0.2, 0) is 22.6 Å². The number of rotatable bonds is 9. The summed E-state index contributed by atoms with van der Waals surface area (Å²) < 4.78 is 11.8. The number of esters is 1. The number of ether oxygens (including phenoxy) is 2. The summed E-state index contributed by atoms with van der Waals surface area (Å²) >= 11 is 12.0. The molecule has 0 amide bonds. The Hall–Kier alpha value is -2.75. The predicted octanol–water partition coefficient (Wildman–Crippen LogP) is 7.73. The van der Waals surface area contributed by atoms with E-state index in [1.165, 1.54) is 5.56 Å². The lowest BCUT2D eigenvalue weighted by molar-refractivity contribution is -0.147. The zero-order valence-corrected chi connectivity index (χ0v) is 19.9. The molecule has 0 bridgehead atoms. The van der Waals surface area contributed by atoms with Gasteiger partial charge < -0.3 is 9.47 Å². The van der Waals surface area contributed by atoms with E-state index in [0.29, 0.717) is 5.75 Å². The van der Waals surface area contributed by atoms with E-state index >= 15 is 0 Å². The summed E-state index contributed by atoms with van der Waals surface area (Å²) in [5.74, 6) is 0.902. The van der Waals surface area contributed by atoms with Crippen LogP contribution in [0, 0.1) is 17.3 Å². The number of para-hydroxylation sites is 1. The van der Waals surface area contributed by atoms with Gasteiger partial charge in [0.1, 0.15) is 22.6 Å². The summed E-state index contributed by atoms with van der Waals surface area (Å²) in [5.41, 5.74) is 1.81. The molecule has 3 aromatic rings. The fourth-order valence-electron chi connectivity index (χ4n) is 4.65. The second-order valence-corrected chi connectivity index (χ2v) is 9.39. The molecular weight excluding hydrogens is 455 g/mol. The van der Waals surface area contributed by atoms with Crippen LogP contribution in [0.25, 0.3) is 0 Å². The molecule has 3 unspecified atom stereocenters. The quantitative estimate of drug-likeness (QED) is 0.294. The summed E-state index contributed by atoms with van der Waals surface area (Å²) in [6, 6.07) is 27.3. The summed E-state index contributed by atoms with van der Waals surface area (Å²) in [4.78, 5) is 13.1. The van der Waals surface area contributed by atoms with Crippen LogP contribution in [0.3, 0.4) is 0 Å². The summed E-state index contributed by atoms with van der Waals surface area (Å²) in [6.07, 6.45) is 3.38. The van der Waals surface area contributed by atoms with Gasteiger partial charge in [0, 0.05) is 5.92 Å². The Morgan fingerprint density at radius 1 is 0.909 bits per heavy atom. The standard InChI is InChI=1S/C28H26Cl2O3/c1-2-28(18-20-10-5-3-6-11-20)24(17-25(29)30)26(28)27(31)32-19-21-12-9-15-23(16-21)33-22-13-7-4-8-14-22/h3-17,24,26H,2,18-19H2,1H3. The number of allylic oxidation sites excluding steroid dienone is 1. The van der Waals surface area contributed by atoms with E-state index < -0.39 is 0 Å². The molecule has 3 atom stereocenters. The lowest BCUT2D eigenvalue weighted by atomic mass is 9.89. The molecule has 0 N–H and O–H groups in total. The molecule has 1 aliphatic rings. The number of hydrogen-bond acceptors (Lipinski definition) is 3. The van der Waals surface area contributed by atoms with Gasteiger partial charge in [-0.25, -0.2) is 0 Å². The molecule has 0 spiro atoms. The molecule has 0 aromatic heterocycles. The van der Waals surface area contributed by atoms with Crippen LogP contribution in [0.4, 0.5) is 0 Å². The molecule has 1 fully saturated rings. The van der Waals surface area contributed by atoms with Crippen molar-refractivity contribution in [2.75, 3.05) is 0 Å². The number of carbonyl (C=O) groups excluding carboxylic acids is 1. The second-order valence-electron chi connectivity index (χ2n) is 8.38.